The topological polar surface area (TPSA) is 29.4 Å². The third-order valence-electron chi connectivity index (χ3n) is 1.90. The first-order chi connectivity index (χ1) is 6.83. The molecule has 0 saturated heterocycles. The molecule has 0 saturated carbocycles. The highest BCUT2D eigenvalue weighted by Gasteiger charge is 1.95. The summed E-state index contributed by atoms with van der Waals surface area (Å²) >= 11 is 0. The predicted molar refractivity (Wildman–Crippen MR) is 58.6 cm³/mol. The molecule has 2 heteroatoms. The second-order valence-corrected chi connectivity index (χ2v) is 3.17. The molecule has 0 atom stereocenters. The first-order valence-electron chi connectivity index (χ1n) is 4.95. The summed E-state index contributed by atoms with van der Waals surface area (Å²) in [5.74, 6) is -0.0318. The van der Waals surface area contributed by atoms with Crippen LogP contribution in [0.4, 0.5) is 0 Å². The van der Waals surface area contributed by atoms with Crippen LogP contribution in [0, 0.1) is 0 Å². The van der Waals surface area contributed by atoms with Crippen molar-refractivity contribution < 1.29 is 4.79 Å². The molecule has 0 heterocycles. The Morgan fingerprint density at radius 2 is 2.07 bits per heavy atom. The molecule has 1 rings (SSSR count). The van der Waals surface area contributed by atoms with Gasteiger partial charge in [-0.25, -0.2) is 4.99 Å². The van der Waals surface area contributed by atoms with E-state index in [0.717, 1.165) is 18.4 Å². The third kappa shape index (κ3) is 3.99. The Bertz CT molecular complexity index is 303. The highest BCUT2D eigenvalue weighted by Crippen LogP contribution is 1.98. The Labute approximate surface area is 84.7 Å². The largest absolute Gasteiger partial charge is 0.273 e. The zero-order valence-corrected chi connectivity index (χ0v) is 8.44. The maximum atomic E-state index is 11.2. The standard InChI is InChI=1S/C12H15NO/c1-2-3-9-12(14)13-10-11-7-5-4-6-8-11/h4-8,10H,2-3,9H2,1H3. The molecule has 0 unspecified atom stereocenters. The van der Waals surface area contributed by atoms with Crippen molar-refractivity contribution in [3.8, 4) is 0 Å². The van der Waals surface area contributed by atoms with Gasteiger partial charge in [0, 0.05) is 12.6 Å². The molecular weight excluding hydrogens is 174 g/mol. The van der Waals surface area contributed by atoms with Gasteiger partial charge >= 0.3 is 0 Å². The average molecular weight is 189 g/mol. The monoisotopic (exact) mass is 189 g/mol. The van der Waals surface area contributed by atoms with Crippen LogP contribution >= 0.6 is 0 Å². The maximum absolute atomic E-state index is 11.2. The van der Waals surface area contributed by atoms with Crippen molar-refractivity contribution in [2.24, 2.45) is 4.99 Å². The van der Waals surface area contributed by atoms with Crippen molar-refractivity contribution in [1.82, 2.24) is 0 Å². The fourth-order valence-corrected chi connectivity index (χ4v) is 1.08. The minimum atomic E-state index is -0.0318. The van der Waals surface area contributed by atoms with Gasteiger partial charge in [0.1, 0.15) is 0 Å². The number of rotatable bonds is 4. The molecule has 0 aromatic heterocycles. The summed E-state index contributed by atoms with van der Waals surface area (Å²) in [6.45, 7) is 2.06. The van der Waals surface area contributed by atoms with Crippen LogP contribution in [0.25, 0.3) is 0 Å². The van der Waals surface area contributed by atoms with Crippen molar-refractivity contribution >= 4 is 12.1 Å². The molecule has 2 nitrogen and oxygen atoms in total. The van der Waals surface area contributed by atoms with Gasteiger partial charge in [0.25, 0.3) is 0 Å². The Kier molecular flexibility index (Phi) is 4.62. The van der Waals surface area contributed by atoms with Crippen LogP contribution in [-0.2, 0) is 4.79 Å². The summed E-state index contributed by atoms with van der Waals surface area (Å²) in [6, 6.07) is 9.65. The van der Waals surface area contributed by atoms with Crippen LogP contribution in [-0.4, -0.2) is 12.1 Å². The minimum absolute atomic E-state index is 0.0318. The molecule has 0 aliphatic carbocycles. The molecule has 0 fully saturated rings. The molecule has 1 amide bonds. The number of hydrogen-bond acceptors (Lipinski definition) is 1. The maximum Gasteiger partial charge on any atom is 0.245 e. The molecule has 0 aliphatic heterocycles. The van der Waals surface area contributed by atoms with Gasteiger partial charge in [0.2, 0.25) is 5.91 Å². The number of amides is 1. The average Bonchev–Trinajstić information content (AvgIpc) is 2.25. The number of carbonyl (C=O) groups excluding carboxylic acids is 1. The van der Waals surface area contributed by atoms with E-state index in [0.29, 0.717) is 6.42 Å². The summed E-state index contributed by atoms with van der Waals surface area (Å²) in [7, 11) is 0. The lowest BCUT2D eigenvalue weighted by atomic mass is 10.2. The number of carbonyl (C=O) groups is 1. The molecule has 0 bridgehead atoms. The van der Waals surface area contributed by atoms with Crippen LogP contribution < -0.4 is 0 Å². The van der Waals surface area contributed by atoms with E-state index in [1.54, 1.807) is 6.21 Å². The SMILES string of the molecule is CCCCC(=O)N=Cc1ccccc1. The molecule has 0 aliphatic rings. The minimum Gasteiger partial charge on any atom is -0.273 e. The summed E-state index contributed by atoms with van der Waals surface area (Å²) in [4.78, 5) is 15.0. The highest BCUT2D eigenvalue weighted by atomic mass is 16.1. The molecular formula is C12H15NO. The van der Waals surface area contributed by atoms with Crippen LogP contribution in [0.2, 0.25) is 0 Å². The van der Waals surface area contributed by atoms with E-state index < -0.39 is 0 Å². The van der Waals surface area contributed by atoms with Crippen molar-refractivity contribution in [2.75, 3.05) is 0 Å². The van der Waals surface area contributed by atoms with Crippen molar-refractivity contribution in [3.63, 3.8) is 0 Å². The second-order valence-electron chi connectivity index (χ2n) is 3.17. The predicted octanol–water partition coefficient (Wildman–Crippen LogP) is 2.82. The zero-order chi connectivity index (χ0) is 10.2. The van der Waals surface area contributed by atoms with Crippen LogP contribution in [0.5, 0.6) is 0 Å². The molecule has 0 N–H and O–H groups in total. The van der Waals surface area contributed by atoms with E-state index in [1.807, 2.05) is 30.3 Å². The number of benzene rings is 1. The lowest BCUT2D eigenvalue weighted by Gasteiger charge is -1.92. The number of nitrogens with zero attached hydrogens (tertiary/aromatic N) is 1. The van der Waals surface area contributed by atoms with Crippen molar-refractivity contribution in [3.05, 3.63) is 35.9 Å². The molecule has 14 heavy (non-hydrogen) atoms. The lowest BCUT2D eigenvalue weighted by molar-refractivity contribution is -0.117. The van der Waals surface area contributed by atoms with E-state index in [1.165, 1.54) is 0 Å². The van der Waals surface area contributed by atoms with Crippen molar-refractivity contribution in [2.45, 2.75) is 26.2 Å². The van der Waals surface area contributed by atoms with E-state index in [4.69, 9.17) is 0 Å². The van der Waals surface area contributed by atoms with Crippen LogP contribution in [0.3, 0.4) is 0 Å². The van der Waals surface area contributed by atoms with E-state index in [2.05, 4.69) is 11.9 Å². The fraction of sp³-hybridized carbons (Fsp3) is 0.333. The first-order valence-corrected chi connectivity index (χ1v) is 4.95. The highest BCUT2D eigenvalue weighted by molar-refractivity contribution is 5.91. The summed E-state index contributed by atoms with van der Waals surface area (Å²) in [5, 5.41) is 0. The Balaban J connectivity index is 2.44. The van der Waals surface area contributed by atoms with E-state index in [-0.39, 0.29) is 5.91 Å². The summed E-state index contributed by atoms with van der Waals surface area (Å²) < 4.78 is 0. The van der Waals surface area contributed by atoms with Gasteiger partial charge in [-0.2, -0.15) is 0 Å². The van der Waals surface area contributed by atoms with Crippen molar-refractivity contribution in [1.29, 1.82) is 0 Å². The lowest BCUT2D eigenvalue weighted by Crippen LogP contribution is -1.93. The smallest absolute Gasteiger partial charge is 0.245 e. The van der Waals surface area contributed by atoms with Gasteiger partial charge in [-0.15, -0.1) is 0 Å². The molecule has 1 aromatic carbocycles. The first kappa shape index (κ1) is 10.6. The molecule has 1 aromatic rings. The Hall–Kier alpha value is -1.44. The third-order valence-corrected chi connectivity index (χ3v) is 1.90. The van der Waals surface area contributed by atoms with Gasteiger partial charge in [-0.3, -0.25) is 4.79 Å². The fourth-order valence-electron chi connectivity index (χ4n) is 1.08. The van der Waals surface area contributed by atoms with Crippen LogP contribution in [0.1, 0.15) is 31.7 Å². The van der Waals surface area contributed by atoms with Gasteiger partial charge in [0.15, 0.2) is 0 Å². The zero-order valence-electron chi connectivity index (χ0n) is 8.44. The van der Waals surface area contributed by atoms with Gasteiger partial charge in [0.05, 0.1) is 0 Å². The number of hydrogen-bond donors (Lipinski definition) is 0. The molecule has 0 radical (unpaired) electrons. The van der Waals surface area contributed by atoms with E-state index >= 15 is 0 Å². The quantitative estimate of drug-likeness (QED) is 0.670. The van der Waals surface area contributed by atoms with Crippen LogP contribution in [0.15, 0.2) is 35.3 Å². The number of aliphatic imine (C=N–C) groups is 1. The summed E-state index contributed by atoms with van der Waals surface area (Å²) in [6.07, 6.45) is 4.13. The summed E-state index contributed by atoms with van der Waals surface area (Å²) in [5.41, 5.74) is 0.970. The normalized spacial score (nSPS) is 10.6. The molecule has 74 valence electrons. The Morgan fingerprint density at radius 1 is 1.36 bits per heavy atom. The Morgan fingerprint density at radius 3 is 2.71 bits per heavy atom. The van der Waals surface area contributed by atoms with E-state index in [9.17, 15) is 4.79 Å². The van der Waals surface area contributed by atoms with Gasteiger partial charge in [-0.05, 0) is 12.0 Å². The molecule has 0 spiro atoms. The van der Waals surface area contributed by atoms with Gasteiger partial charge < -0.3 is 0 Å². The number of unbranched alkanes of at least 4 members (excludes halogenated alkanes) is 1. The second kappa shape index (κ2) is 6.08. The van der Waals surface area contributed by atoms with Gasteiger partial charge in [-0.1, -0.05) is 43.7 Å².